The quantitative estimate of drug-likeness (QED) is 0.761. The van der Waals surface area contributed by atoms with Crippen LogP contribution in [-0.2, 0) is 14.9 Å². The number of hydrogen-bond donors (Lipinski definition) is 0. The van der Waals surface area contributed by atoms with Crippen LogP contribution < -0.4 is 0 Å². The van der Waals surface area contributed by atoms with Gasteiger partial charge in [-0.15, -0.1) is 0 Å². The topological polar surface area (TPSA) is 18.5 Å². The molecule has 0 aromatic heterocycles. The minimum Gasteiger partial charge on any atom is -0.346 e. The average molecular weight is 320 g/mol. The third-order valence-electron chi connectivity index (χ3n) is 2.80. The fourth-order valence-corrected chi connectivity index (χ4v) is 2.43. The van der Waals surface area contributed by atoms with E-state index in [1.54, 1.807) is 0 Å². The molecule has 0 amide bonds. The molecule has 0 N–H and O–H groups in total. The first kappa shape index (κ1) is 13.3. The molecule has 1 heterocycles. The van der Waals surface area contributed by atoms with Crippen molar-refractivity contribution in [2.45, 2.75) is 32.5 Å². The molecular weight excluding hydrogens is 303 g/mol. The molecule has 1 fully saturated rings. The Labute approximate surface area is 115 Å². The van der Waals surface area contributed by atoms with Crippen molar-refractivity contribution in [1.29, 1.82) is 0 Å². The van der Waals surface area contributed by atoms with Crippen LogP contribution in [-0.4, -0.2) is 13.2 Å². The molecule has 4 heteroatoms. The van der Waals surface area contributed by atoms with Gasteiger partial charge in [0.1, 0.15) is 0 Å². The Bertz CT molecular complexity index is 420. The smallest absolute Gasteiger partial charge is 0.185 e. The van der Waals surface area contributed by atoms with Gasteiger partial charge in [0.15, 0.2) is 6.29 Å². The van der Waals surface area contributed by atoms with Crippen molar-refractivity contribution < 1.29 is 9.47 Å². The van der Waals surface area contributed by atoms with E-state index in [0.29, 0.717) is 18.2 Å². The number of rotatable bonds is 1. The van der Waals surface area contributed by atoms with Crippen LogP contribution in [0.25, 0.3) is 0 Å². The lowest BCUT2D eigenvalue weighted by molar-refractivity contribution is -0.0441. The third kappa shape index (κ3) is 2.84. The number of benzene rings is 1. The van der Waals surface area contributed by atoms with Crippen molar-refractivity contribution in [3.8, 4) is 0 Å². The Morgan fingerprint density at radius 3 is 2.35 bits per heavy atom. The van der Waals surface area contributed by atoms with Crippen molar-refractivity contribution in [1.82, 2.24) is 0 Å². The van der Waals surface area contributed by atoms with Gasteiger partial charge in [-0.25, -0.2) is 0 Å². The van der Waals surface area contributed by atoms with Crippen molar-refractivity contribution in [3.05, 3.63) is 32.8 Å². The number of hydrogen-bond acceptors (Lipinski definition) is 2. The van der Waals surface area contributed by atoms with E-state index in [1.165, 1.54) is 5.56 Å². The summed E-state index contributed by atoms with van der Waals surface area (Å²) in [6.45, 7) is 7.76. The fourth-order valence-electron chi connectivity index (χ4n) is 1.75. The maximum Gasteiger partial charge on any atom is 0.185 e. The van der Waals surface area contributed by atoms with Gasteiger partial charge in [0.25, 0.3) is 0 Å². The van der Waals surface area contributed by atoms with Crippen LogP contribution in [0.4, 0.5) is 0 Å². The first-order valence-corrected chi connectivity index (χ1v) is 6.79. The van der Waals surface area contributed by atoms with E-state index in [1.807, 2.05) is 0 Å². The summed E-state index contributed by atoms with van der Waals surface area (Å²) in [5, 5.41) is 0.671. The van der Waals surface area contributed by atoms with E-state index < -0.39 is 0 Å². The standard InChI is InChI=1S/C13H16BrClO2/c1-13(2,3)8-6-9(11(15)10(14)7-8)12-16-4-5-17-12/h6-7,12H,4-5H2,1-3H3. The summed E-state index contributed by atoms with van der Waals surface area (Å²) >= 11 is 9.78. The molecule has 0 radical (unpaired) electrons. The first-order valence-electron chi connectivity index (χ1n) is 5.62. The van der Waals surface area contributed by atoms with Gasteiger partial charge in [-0.05, 0) is 39.0 Å². The molecule has 1 aromatic carbocycles. The van der Waals surface area contributed by atoms with Crippen molar-refractivity contribution in [3.63, 3.8) is 0 Å². The Morgan fingerprint density at radius 2 is 1.82 bits per heavy atom. The highest BCUT2D eigenvalue weighted by atomic mass is 79.9. The van der Waals surface area contributed by atoms with E-state index in [2.05, 4.69) is 48.8 Å². The molecule has 1 aromatic rings. The molecule has 17 heavy (non-hydrogen) atoms. The summed E-state index contributed by atoms with van der Waals surface area (Å²) < 4.78 is 11.9. The van der Waals surface area contributed by atoms with Crippen LogP contribution in [0.3, 0.4) is 0 Å². The fraction of sp³-hybridized carbons (Fsp3) is 0.538. The van der Waals surface area contributed by atoms with Crippen LogP contribution >= 0.6 is 27.5 Å². The summed E-state index contributed by atoms with van der Waals surface area (Å²) in [6.07, 6.45) is -0.332. The lowest BCUT2D eigenvalue weighted by Crippen LogP contribution is -2.13. The molecule has 0 bridgehead atoms. The largest absolute Gasteiger partial charge is 0.346 e. The summed E-state index contributed by atoms with van der Waals surface area (Å²) in [4.78, 5) is 0. The third-order valence-corrected chi connectivity index (χ3v) is 4.07. The number of ether oxygens (including phenoxy) is 2. The lowest BCUT2D eigenvalue weighted by Gasteiger charge is -2.22. The zero-order valence-corrected chi connectivity index (χ0v) is 12.6. The molecule has 1 saturated heterocycles. The monoisotopic (exact) mass is 318 g/mol. The molecule has 94 valence electrons. The van der Waals surface area contributed by atoms with Gasteiger partial charge in [-0.3, -0.25) is 0 Å². The maximum absolute atomic E-state index is 6.29. The molecule has 0 aliphatic carbocycles. The minimum atomic E-state index is -0.332. The molecule has 0 spiro atoms. The van der Waals surface area contributed by atoms with E-state index in [4.69, 9.17) is 21.1 Å². The van der Waals surface area contributed by atoms with Gasteiger partial charge in [0, 0.05) is 10.0 Å². The maximum atomic E-state index is 6.29. The van der Waals surface area contributed by atoms with Gasteiger partial charge in [-0.2, -0.15) is 0 Å². The highest BCUT2D eigenvalue weighted by Gasteiger charge is 2.25. The molecule has 2 nitrogen and oxygen atoms in total. The Kier molecular flexibility index (Phi) is 3.83. The molecule has 0 saturated carbocycles. The van der Waals surface area contributed by atoms with Crippen LogP contribution in [0.15, 0.2) is 16.6 Å². The molecule has 0 atom stereocenters. The normalized spacial score (nSPS) is 17.7. The summed E-state index contributed by atoms with van der Waals surface area (Å²) in [6, 6.07) is 4.13. The summed E-state index contributed by atoms with van der Waals surface area (Å²) in [7, 11) is 0. The van der Waals surface area contributed by atoms with Crippen LogP contribution in [0.2, 0.25) is 5.02 Å². The summed E-state index contributed by atoms with van der Waals surface area (Å²) in [5.41, 5.74) is 2.19. The second-order valence-electron chi connectivity index (χ2n) is 5.18. The zero-order chi connectivity index (χ0) is 12.6. The SMILES string of the molecule is CC(C)(C)c1cc(Br)c(Cl)c(C2OCCO2)c1. The van der Waals surface area contributed by atoms with E-state index in [9.17, 15) is 0 Å². The zero-order valence-electron chi connectivity index (χ0n) is 10.2. The Hall–Kier alpha value is -0.0900. The predicted octanol–water partition coefficient (Wildman–Crippen LogP) is 4.45. The Balaban J connectivity index is 2.46. The van der Waals surface area contributed by atoms with Crippen LogP contribution in [0, 0.1) is 0 Å². The van der Waals surface area contributed by atoms with E-state index in [-0.39, 0.29) is 11.7 Å². The Morgan fingerprint density at radius 1 is 1.24 bits per heavy atom. The van der Waals surface area contributed by atoms with Gasteiger partial charge >= 0.3 is 0 Å². The lowest BCUT2D eigenvalue weighted by atomic mass is 9.86. The highest BCUT2D eigenvalue weighted by molar-refractivity contribution is 9.10. The van der Waals surface area contributed by atoms with Crippen molar-refractivity contribution in [2.24, 2.45) is 0 Å². The van der Waals surface area contributed by atoms with Crippen molar-refractivity contribution >= 4 is 27.5 Å². The van der Waals surface area contributed by atoms with Crippen LogP contribution in [0.1, 0.15) is 38.2 Å². The second kappa shape index (κ2) is 4.88. The van der Waals surface area contributed by atoms with Crippen molar-refractivity contribution in [2.75, 3.05) is 13.2 Å². The molecular formula is C13H16BrClO2. The molecule has 0 unspecified atom stereocenters. The highest BCUT2D eigenvalue weighted by Crippen LogP contribution is 2.38. The average Bonchev–Trinajstić information content (AvgIpc) is 2.73. The minimum absolute atomic E-state index is 0.0699. The second-order valence-corrected chi connectivity index (χ2v) is 6.42. The molecule has 2 rings (SSSR count). The van der Waals surface area contributed by atoms with Crippen LogP contribution in [0.5, 0.6) is 0 Å². The van der Waals surface area contributed by atoms with E-state index in [0.717, 1.165) is 10.0 Å². The van der Waals surface area contributed by atoms with Gasteiger partial charge in [-0.1, -0.05) is 32.4 Å². The first-order chi connectivity index (χ1) is 7.89. The van der Waals surface area contributed by atoms with Gasteiger partial charge in [0.2, 0.25) is 0 Å². The predicted molar refractivity (Wildman–Crippen MR) is 72.5 cm³/mol. The van der Waals surface area contributed by atoms with Gasteiger partial charge < -0.3 is 9.47 Å². The molecule has 1 aliphatic heterocycles. The molecule has 1 aliphatic rings. The summed E-state index contributed by atoms with van der Waals surface area (Å²) in [5.74, 6) is 0. The van der Waals surface area contributed by atoms with Gasteiger partial charge in [0.05, 0.1) is 18.2 Å². The van der Waals surface area contributed by atoms with E-state index >= 15 is 0 Å². The number of halogens is 2.